The van der Waals surface area contributed by atoms with Gasteiger partial charge in [-0.3, -0.25) is 9.79 Å². The molecule has 0 unspecified atom stereocenters. The lowest BCUT2D eigenvalue weighted by Crippen LogP contribution is -2.43. The van der Waals surface area contributed by atoms with E-state index in [1.54, 1.807) is 14.2 Å². The van der Waals surface area contributed by atoms with Crippen molar-refractivity contribution in [1.29, 1.82) is 0 Å². The summed E-state index contributed by atoms with van der Waals surface area (Å²) in [6.45, 7) is 7.38. The van der Waals surface area contributed by atoms with Crippen molar-refractivity contribution >= 4 is 11.9 Å². The molecule has 1 amide bonds. The van der Waals surface area contributed by atoms with Crippen LogP contribution < -0.4 is 25.4 Å². The average Bonchev–Trinajstić information content (AvgIpc) is 3.20. The number of ether oxygens (including phenoxy) is 2. The van der Waals surface area contributed by atoms with Gasteiger partial charge in [0.2, 0.25) is 5.91 Å². The van der Waals surface area contributed by atoms with E-state index in [2.05, 4.69) is 20.9 Å². The Morgan fingerprint density at radius 3 is 2.45 bits per heavy atom. The van der Waals surface area contributed by atoms with E-state index < -0.39 is 0 Å². The lowest BCUT2D eigenvalue weighted by molar-refractivity contribution is -0.128. The summed E-state index contributed by atoms with van der Waals surface area (Å²) in [7, 11) is 3.39. The lowest BCUT2D eigenvalue weighted by Gasteiger charge is -2.20. The van der Waals surface area contributed by atoms with Gasteiger partial charge in [0.05, 0.1) is 13.2 Å². The zero-order valence-electron chi connectivity index (χ0n) is 18.4. The Kier molecular flexibility index (Phi) is 8.61. The number of carbonyl (C=O) groups is 1. The van der Waals surface area contributed by atoms with Crippen molar-refractivity contribution in [3.8, 4) is 11.5 Å². The molecule has 3 N–H and O–H groups in total. The third kappa shape index (κ3) is 7.15. The van der Waals surface area contributed by atoms with Gasteiger partial charge in [0.1, 0.15) is 0 Å². The Morgan fingerprint density at radius 2 is 1.83 bits per heavy atom. The molecule has 7 nitrogen and oxygen atoms in total. The van der Waals surface area contributed by atoms with Crippen molar-refractivity contribution in [1.82, 2.24) is 16.0 Å². The molecule has 1 saturated carbocycles. The van der Waals surface area contributed by atoms with E-state index in [1.165, 1.54) is 12.8 Å². The van der Waals surface area contributed by atoms with Crippen LogP contribution in [0.1, 0.15) is 52.0 Å². The minimum absolute atomic E-state index is 0.0346. The van der Waals surface area contributed by atoms with Crippen molar-refractivity contribution in [2.45, 2.75) is 59.1 Å². The van der Waals surface area contributed by atoms with E-state index in [1.807, 2.05) is 39.0 Å². The van der Waals surface area contributed by atoms with Crippen LogP contribution in [-0.2, 0) is 11.3 Å². The number of nitrogens with zero attached hydrogens (tertiary/aromatic N) is 1. The Labute approximate surface area is 174 Å². The molecule has 0 aliphatic heterocycles. The molecule has 0 spiro atoms. The Morgan fingerprint density at radius 1 is 1.14 bits per heavy atom. The number of hydrogen-bond donors (Lipinski definition) is 3. The number of methoxy groups -OCH3 is 1. The first-order chi connectivity index (χ1) is 13.8. The number of guanidine groups is 1. The Bertz CT molecular complexity index is 692. The highest BCUT2D eigenvalue weighted by atomic mass is 16.5. The van der Waals surface area contributed by atoms with Gasteiger partial charge in [0.25, 0.3) is 0 Å². The van der Waals surface area contributed by atoms with Crippen LogP contribution in [0, 0.1) is 5.41 Å². The van der Waals surface area contributed by atoms with Crippen LogP contribution in [-0.4, -0.2) is 45.2 Å². The minimum Gasteiger partial charge on any atom is -0.493 e. The second-order valence-corrected chi connectivity index (χ2v) is 8.33. The monoisotopic (exact) mass is 404 g/mol. The molecule has 162 valence electrons. The summed E-state index contributed by atoms with van der Waals surface area (Å²) in [4.78, 5) is 16.2. The van der Waals surface area contributed by atoms with Crippen molar-refractivity contribution in [3.63, 3.8) is 0 Å². The number of amides is 1. The third-order valence-corrected chi connectivity index (χ3v) is 4.92. The van der Waals surface area contributed by atoms with Gasteiger partial charge in [-0.1, -0.05) is 32.9 Å². The second kappa shape index (κ2) is 10.9. The lowest BCUT2D eigenvalue weighted by atomic mass is 9.96. The Balaban J connectivity index is 1.89. The van der Waals surface area contributed by atoms with Crippen LogP contribution in [0.3, 0.4) is 0 Å². The summed E-state index contributed by atoms with van der Waals surface area (Å²) in [5.41, 5.74) is 0.641. The summed E-state index contributed by atoms with van der Waals surface area (Å²) >= 11 is 0. The summed E-state index contributed by atoms with van der Waals surface area (Å²) in [5, 5.41) is 9.45. The zero-order valence-corrected chi connectivity index (χ0v) is 18.4. The highest BCUT2D eigenvalue weighted by Gasteiger charge is 2.21. The van der Waals surface area contributed by atoms with Gasteiger partial charge in [-0.2, -0.15) is 0 Å². The van der Waals surface area contributed by atoms with E-state index in [0.717, 1.165) is 29.9 Å². The molecule has 1 fully saturated rings. The molecule has 1 aromatic carbocycles. The summed E-state index contributed by atoms with van der Waals surface area (Å²) in [6.07, 6.45) is 4.88. The van der Waals surface area contributed by atoms with Crippen molar-refractivity contribution < 1.29 is 14.3 Å². The fourth-order valence-electron chi connectivity index (χ4n) is 3.19. The van der Waals surface area contributed by atoms with Gasteiger partial charge in [-0.25, -0.2) is 0 Å². The van der Waals surface area contributed by atoms with E-state index in [-0.39, 0.29) is 17.4 Å². The molecule has 0 radical (unpaired) electrons. The number of para-hydroxylation sites is 1. The molecule has 1 aromatic rings. The number of hydrogen-bond acceptors (Lipinski definition) is 4. The van der Waals surface area contributed by atoms with Crippen LogP contribution in [0.15, 0.2) is 23.2 Å². The third-order valence-electron chi connectivity index (χ3n) is 4.92. The van der Waals surface area contributed by atoms with Crippen molar-refractivity contribution in [3.05, 3.63) is 23.8 Å². The summed E-state index contributed by atoms with van der Waals surface area (Å²) < 4.78 is 11.8. The van der Waals surface area contributed by atoms with E-state index in [9.17, 15) is 4.79 Å². The fraction of sp³-hybridized carbons (Fsp3) is 0.636. The average molecular weight is 405 g/mol. The SMILES string of the molecule is CN=C(NCCNC(=O)C(C)(C)C)NCc1cccc(OC)c1OC1CCCC1. The smallest absolute Gasteiger partial charge is 0.225 e. The molecule has 0 bridgehead atoms. The first-order valence-electron chi connectivity index (χ1n) is 10.4. The predicted molar refractivity (Wildman–Crippen MR) is 117 cm³/mol. The number of nitrogens with one attached hydrogen (secondary N) is 3. The van der Waals surface area contributed by atoms with Crippen LogP contribution in [0.2, 0.25) is 0 Å². The first-order valence-corrected chi connectivity index (χ1v) is 10.4. The van der Waals surface area contributed by atoms with Gasteiger partial charge < -0.3 is 25.4 Å². The maximum atomic E-state index is 11.9. The molecular formula is C22H36N4O3. The molecule has 7 heteroatoms. The highest BCUT2D eigenvalue weighted by molar-refractivity contribution is 5.81. The minimum atomic E-state index is -0.387. The molecule has 2 rings (SSSR count). The Hall–Kier alpha value is -2.44. The quantitative estimate of drug-likeness (QED) is 0.352. The van der Waals surface area contributed by atoms with Gasteiger partial charge in [0, 0.05) is 37.7 Å². The van der Waals surface area contributed by atoms with Gasteiger partial charge >= 0.3 is 0 Å². The number of rotatable bonds is 8. The first kappa shape index (κ1) is 22.8. The van der Waals surface area contributed by atoms with E-state index in [4.69, 9.17) is 9.47 Å². The number of aliphatic imine (C=N–C) groups is 1. The van der Waals surface area contributed by atoms with Crippen LogP contribution in [0.4, 0.5) is 0 Å². The zero-order chi connectivity index (χ0) is 21.3. The topological polar surface area (TPSA) is 84.0 Å². The molecule has 1 aliphatic carbocycles. The summed E-state index contributed by atoms with van der Waals surface area (Å²) in [6, 6.07) is 5.94. The van der Waals surface area contributed by atoms with E-state index in [0.29, 0.717) is 25.6 Å². The molecule has 0 aromatic heterocycles. The highest BCUT2D eigenvalue weighted by Crippen LogP contribution is 2.34. The van der Waals surface area contributed by atoms with Crippen molar-refractivity contribution in [2.24, 2.45) is 10.4 Å². The molecular weight excluding hydrogens is 368 g/mol. The van der Waals surface area contributed by atoms with Gasteiger partial charge in [-0.15, -0.1) is 0 Å². The maximum absolute atomic E-state index is 11.9. The normalized spacial score (nSPS) is 15.1. The summed E-state index contributed by atoms with van der Waals surface area (Å²) in [5.74, 6) is 2.27. The second-order valence-electron chi connectivity index (χ2n) is 8.33. The molecule has 0 heterocycles. The molecule has 0 atom stereocenters. The van der Waals surface area contributed by atoms with Crippen LogP contribution in [0.5, 0.6) is 11.5 Å². The fourth-order valence-corrected chi connectivity index (χ4v) is 3.19. The molecule has 0 saturated heterocycles. The van der Waals surface area contributed by atoms with E-state index >= 15 is 0 Å². The maximum Gasteiger partial charge on any atom is 0.225 e. The number of benzene rings is 1. The van der Waals surface area contributed by atoms with Crippen LogP contribution >= 0.6 is 0 Å². The number of carbonyl (C=O) groups excluding carboxylic acids is 1. The standard InChI is InChI=1S/C22H36N4O3/c1-22(2,3)20(27)24-13-14-25-21(23-4)26-15-16-9-8-12-18(28-5)19(16)29-17-10-6-7-11-17/h8-9,12,17H,6-7,10-11,13-15H2,1-5H3,(H,24,27)(H2,23,25,26). The largest absolute Gasteiger partial charge is 0.493 e. The molecule has 1 aliphatic rings. The van der Waals surface area contributed by atoms with Crippen molar-refractivity contribution in [2.75, 3.05) is 27.2 Å². The van der Waals surface area contributed by atoms with Gasteiger partial charge in [0.15, 0.2) is 17.5 Å². The van der Waals surface area contributed by atoms with Crippen LogP contribution in [0.25, 0.3) is 0 Å². The predicted octanol–water partition coefficient (Wildman–Crippen LogP) is 2.84. The van der Waals surface area contributed by atoms with Gasteiger partial charge in [-0.05, 0) is 31.7 Å². The molecule has 29 heavy (non-hydrogen) atoms.